The van der Waals surface area contributed by atoms with Gasteiger partial charge in [-0.2, -0.15) is 0 Å². The number of carboxylic acids is 1. The molecule has 1 atom stereocenters. The van der Waals surface area contributed by atoms with Crippen molar-refractivity contribution in [1.29, 1.82) is 0 Å². The maximum absolute atomic E-state index is 10.8. The van der Waals surface area contributed by atoms with Crippen LogP contribution in [-0.2, 0) is 11.3 Å². The number of hydrogen-bond acceptors (Lipinski definition) is 2. The maximum Gasteiger partial charge on any atom is 0.304 e. The molecule has 2 rings (SSSR count). The van der Waals surface area contributed by atoms with Crippen molar-refractivity contribution in [1.82, 2.24) is 4.90 Å². The highest BCUT2D eigenvalue weighted by Crippen LogP contribution is 2.27. The summed E-state index contributed by atoms with van der Waals surface area (Å²) in [5.74, 6) is -0.729. The fourth-order valence-electron chi connectivity index (χ4n) is 2.42. The molecule has 5 heteroatoms. The second-order valence-corrected chi connectivity index (χ2v) is 5.92. The monoisotopic (exact) mass is 331 g/mol. The van der Waals surface area contributed by atoms with Crippen molar-refractivity contribution < 1.29 is 9.90 Å². The summed E-state index contributed by atoms with van der Waals surface area (Å²) >= 11 is 9.59. The molecule has 0 amide bonds. The van der Waals surface area contributed by atoms with Crippen LogP contribution >= 0.6 is 27.5 Å². The Morgan fingerprint density at radius 1 is 1.56 bits per heavy atom. The van der Waals surface area contributed by atoms with E-state index in [1.165, 1.54) is 0 Å². The average Bonchev–Trinajstić information content (AvgIpc) is 2.70. The summed E-state index contributed by atoms with van der Waals surface area (Å²) < 4.78 is 0.996. The molecule has 0 saturated carbocycles. The Kier molecular flexibility index (Phi) is 4.65. The lowest BCUT2D eigenvalue weighted by Gasteiger charge is -2.23. The molecule has 0 aromatic heterocycles. The maximum atomic E-state index is 10.8. The van der Waals surface area contributed by atoms with Crippen molar-refractivity contribution >= 4 is 33.5 Å². The lowest BCUT2D eigenvalue weighted by atomic mass is 10.1. The Morgan fingerprint density at radius 2 is 2.33 bits per heavy atom. The van der Waals surface area contributed by atoms with Gasteiger partial charge in [0.15, 0.2) is 0 Å². The molecule has 1 aromatic rings. The van der Waals surface area contributed by atoms with E-state index in [4.69, 9.17) is 16.7 Å². The van der Waals surface area contributed by atoms with Gasteiger partial charge in [-0.15, -0.1) is 0 Å². The summed E-state index contributed by atoms with van der Waals surface area (Å²) in [6.45, 7) is 1.66. The van der Waals surface area contributed by atoms with Crippen LogP contribution in [0, 0.1) is 0 Å². The molecule has 18 heavy (non-hydrogen) atoms. The molecule has 0 spiro atoms. The quantitative estimate of drug-likeness (QED) is 0.917. The first-order valence-electron chi connectivity index (χ1n) is 5.96. The van der Waals surface area contributed by atoms with E-state index in [1.54, 1.807) is 0 Å². The molecule has 1 saturated heterocycles. The summed E-state index contributed by atoms with van der Waals surface area (Å²) in [6, 6.07) is 5.91. The first-order chi connectivity index (χ1) is 8.56. The molecule has 1 heterocycles. The third-order valence-corrected chi connectivity index (χ3v) is 4.15. The first-order valence-corrected chi connectivity index (χ1v) is 7.13. The van der Waals surface area contributed by atoms with Crippen LogP contribution in [0.5, 0.6) is 0 Å². The fraction of sp³-hybridized carbons (Fsp3) is 0.462. The van der Waals surface area contributed by atoms with Crippen LogP contribution in [0.15, 0.2) is 22.7 Å². The average molecular weight is 333 g/mol. The standard InChI is InChI=1S/C13H15BrClNO2/c14-10-3-4-12(15)9(6-10)8-16-5-1-2-11(16)7-13(17)18/h3-4,6,11H,1-2,5,7-8H2,(H,17,18). The number of likely N-dealkylation sites (tertiary alicyclic amines) is 1. The molecule has 1 fully saturated rings. The predicted octanol–water partition coefficient (Wildman–Crippen LogP) is 3.54. The molecule has 98 valence electrons. The summed E-state index contributed by atoms with van der Waals surface area (Å²) in [6.07, 6.45) is 2.23. The number of rotatable bonds is 4. The Morgan fingerprint density at radius 3 is 3.06 bits per heavy atom. The van der Waals surface area contributed by atoms with E-state index in [0.29, 0.717) is 0 Å². The van der Waals surface area contributed by atoms with Gasteiger partial charge < -0.3 is 5.11 Å². The van der Waals surface area contributed by atoms with E-state index < -0.39 is 5.97 Å². The molecule has 1 unspecified atom stereocenters. The number of hydrogen-bond donors (Lipinski definition) is 1. The minimum Gasteiger partial charge on any atom is -0.481 e. The van der Waals surface area contributed by atoms with Crippen molar-refractivity contribution in [2.45, 2.75) is 31.8 Å². The molecule has 1 aromatic carbocycles. The highest BCUT2D eigenvalue weighted by molar-refractivity contribution is 9.10. The van der Waals surface area contributed by atoms with Crippen molar-refractivity contribution in [3.63, 3.8) is 0 Å². The number of carbonyl (C=O) groups is 1. The van der Waals surface area contributed by atoms with Gasteiger partial charge in [-0.25, -0.2) is 0 Å². The van der Waals surface area contributed by atoms with E-state index in [2.05, 4.69) is 20.8 Å². The lowest BCUT2D eigenvalue weighted by molar-refractivity contribution is -0.138. The van der Waals surface area contributed by atoms with Crippen molar-refractivity contribution in [2.75, 3.05) is 6.54 Å². The van der Waals surface area contributed by atoms with E-state index in [-0.39, 0.29) is 12.5 Å². The number of carboxylic acid groups (broad SMARTS) is 1. The van der Waals surface area contributed by atoms with Gasteiger partial charge in [0.25, 0.3) is 0 Å². The third kappa shape index (κ3) is 3.46. The lowest BCUT2D eigenvalue weighted by Crippen LogP contribution is -2.30. The van der Waals surface area contributed by atoms with Crippen LogP contribution in [0.2, 0.25) is 5.02 Å². The van der Waals surface area contributed by atoms with Gasteiger partial charge in [0.2, 0.25) is 0 Å². The largest absolute Gasteiger partial charge is 0.481 e. The minimum absolute atomic E-state index is 0.137. The molecular weight excluding hydrogens is 318 g/mol. The van der Waals surface area contributed by atoms with Crippen molar-refractivity contribution in [3.8, 4) is 0 Å². The second kappa shape index (κ2) is 6.04. The summed E-state index contributed by atoms with van der Waals surface area (Å²) in [5.41, 5.74) is 1.04. The summed E-state index contributed by atoms with van der Waals surface area (Å²) in [5, 5.41) is 9.63. The normalized spacial score (nSPS) is 20.2. The van der Waals surface area contributed by atoms with Crippen LogP contribution < -0.4 is 0 Å². The van der Waals surface area contributed by atoms with Gasteiger partial charge in [0.05, 0.1) is 6.42 Å². The fourth-order valence-corrected chi connectivity index (χ4v) is 3.01. The molecule has 1 N–H and O–H groups in total. The van der Waals surface area contributed by atoms with Crippen molar-refractivity contribution in [2.24, 2.45) is 0 Å². The Hall–Kier alpha value is -0.580. The van der Waals surface area contributed by atoms with Crippen LogP contribution in [0.3, 0.4) is 0 Å². The Labute approximate surface area is 120 Å². The van der Waals surface area contributed by atoms with E-state index in [9.17, 15) is 4.79 Å². The topological polar surface area (TPSA) is 40.5 Å². The minimum atomic E-state index is -0.729. The van der Waals surface area contributed by atoms with E-state index in [0.717, 1.165) is 41.0 Å². The molecule has 0 radical (unpaired) electrons. The molecular formula is C13H15BrClNO2. The van der Waals surface area contributed by atoms with Gasteiger partial charge in [0, 0.05) is 22.1 Å². The molecule has 3 nitrogen and oxygen atoms in total. The van der Waals surface area contributed by atoms with Crippen LogP contribution in [0.1, 0.15) is 24.8 Å². The van der Waals surface area contributed by atoms with E-state index >= 15 is 0 Å². The molecule has 0 aliphatic carbocycles. The Balaban J connectivity index is 2.08. The number of aliphatic carboxylic acids is 1. The van der Waals surface area contributed by atoms with Gasteiger partial charge in [0.1, 0.15) is 0 Å². The number of nitrogens with zero attached hydrogens (tertiary/aromatic N) is 1. The zero-order chi connectivity index (χ0) is 13.1. The zero-order valence-electron chi connectivity index (χ0n) is 9.90. The SMILES string of the molecule is O=C(O)CC1CCCN1Cc1cc(Br)ccc1Cl. The molecule has 1 aliphatic rings. The van der Waals surface area contributed by atoms with Crippen LogP contribution in [0.25, 0.3) is 0 Å². The summed E-state index contributed by atoms with van der Waals surface area (Å²) in [4.78, 5) is 13.0. The van der Waals surface area contributed by atoms with Crippen molar-refractivity contribution in [3.05, 3.63) is 33.3 Å². The van der Waals surface area contributed by atoms with Crippen LogP contribution in [-0.4, -0.2) is 28.6 Å². The summed E-state index contributed by atoms with van der Waals surface area (Å²) in [7, 11) is 0. The molecule has 1 aliphatic heterocycles. The van der Waals surface area contributed by atoms with Gasteiger partial charge in [-0.05, 0) is 43.1 Å². The molecule has 0 bridgehead atoms. The van der Waals surface area contributed by atoms with Gasteiger partial charge >= 0.3 is 5.97 Å². The highest BCUT2D eigenvalue weighted by atomic mass is 79.9. The second-order valence-electron chi connectivity index (χ2n) is 4.60. The Bertz CT molecular complexity index is 453. The first kappa shape index (κ1) is 13.8. The number of benzene rings is 1. The number of halogens is 2. The highest BCUT2D eigenvalue weighted by Gasteiger charge is 2.26. The smallest absolute Gasteiger partial charge is 0.304 e. The predicted molar refractivity (Wildman–Crippen MR) is 74.8 cm³/mol. The van der Waals surface area contributed by atoms with Gasteiger partial charge in [-0.3, -0.25) is 9.69 Å². The van der Waals surface area contributed by atoms with E-state index in [1.807, 2.05) is 18.2 Å². The zero-order valence-corrected chi connectivity index (χ0v) is 12.2. The van der Waals surface area contributed by atoms with Crippen LogP contribution in [0.4, 0.5) is 0 Å². The van der Waals surface area contributed by atoms with Gasteiger partial charge in [-0.1, -0.05) is 27.5 Å². The third-order valence-electron chi connectivity index (χ3n) is 3.29.